The first kappa shape index (κ1) is 23.8. The van der Waals surface area contributed by atoms with Crippen molar-refractivity contribution in [3.63, 3.8) is 0 Å². The fraction of sp³-hybridized carbons (Fsp3) is 0.320. The molecule has 2 aliphatic heterocycles. The fourth-order valence-corrected chi connectivity index (χ4v) is 5.23. The summed E-state index contributed by atoms with van der Waals surface area (Å²) in [6, 6.07) is 15.8. The van der Waals surface area contributed by atoms with E-state index in [9.17, 15) is 14.4 Å². The van der Waals surface area contributed by atoms with Crippen molar-refractivity contribution in [2.75, 3.05) is 26.6 Å². The topological polar surface area (TPSA) is 94.2 Å². The zero-order chi connectivity index (χ0) is 24.1. The molecule has 1 fully saturated rings. The molecule has 0 bridgehead atoms. The molecule has 0 radical (unpaired) electrons. The molecule has 1 N–H and O–H groups in total. The lowest BCUT2D eigenvalue weighted by Gasteiger charge is -2.49. The monoisotopic (exact) mass is 482 g/mol. The van der Waals surface area contributed by atoms with Crippen LogP contribution in [0.5, 0.6) is 5.75 Å². The van der Waals surface area contributed by atoms with Crippen LogP contribution in [0.4, 0.5) is 0 Å². The molecular weight excluding hydrogens is 456 g/mol. The molecule has 9 heteroatoms. The smallest absolute Gasteiger partial charge is 0.355 e. The van der Waals surface area contributed by atoms with Gasteiger partial charge in [-0.2, -0.15) is 0 Å². The van der Waals surface area contributed by atoms with Crippen LogP contribution in [-0.4, -0.2) is 60.7 Å². The summed E-state index contributed by atoms with van der Waals surface area (Å²) in [6.45, 7) is 0.269. The highest BCUT2D eigenvalue weighted by Gasteiger charge is 2.54. The average Bonchev–Trinajstić information content (AvgIpc) is 2.86. The van der Waals surface area contributed by atoms with E-state index in [-0.39, 0.29) is 42.5 Å². The van der Waals surface area contributed by atoms with Gasteiger partial charge in [0.05, 0.1) is 20.1 Å². The predicted octanol–water partition coefficient (Wildman–Crippen LogP) is 2.28. The first-order valence-electron chi connectivity index (χ1n) is 10.8. The summed E-state index contributed by atoms with van der Waals surface area (Å²) in [6.07, 6.45) is 0.184. The summed E-state index contributed by atoms with van der Waals surface area (Å²) in [5.41, 5.74) is 2.55. The number of fused-ring (bicyclic) bond motifs is 1. The number of rotatable bonds is 9. The van der Waals surface area contributed by atoms with Crippen LogP contribution in [-0.2, 0) is 36.9 Å². The van der Waals surface area contributed by atoms with Gasteiger partial charge in [-0.3, -0.25) is 14.5 Å². The maximum atomic E-state index is 13.0. The molecule has 178 valence electrons. The number of carbonyl (C=O) groups is 3. The van der Waals surface area contributed by atoms with Gasteiger partial charge in [0.1, 0.15) is 29.5 Å². The number of thioether (sulfide) groups is 1. The van der Waals surface area contributed by atoms with E-state index >= 15 is 0 Å². The van der Waals surface area contributed by atoms with Gasteiger partial charge in [-0.25, -0.2) is 4.79 Å². The van der Waals surface area contributed by atoms with Gasteiger partial charge in [0.25, 0.3) is 5.91 Å². The van der Waals surface area contributed by atoms with E-state index in [2.05, 4.69) is 5.32 Å². The number of methoxy groups -OCH3 is 2. The Morgan fingerprint density at radius 2 is 1.76 bits per heavy atom. The summed E-state index contributed by atoms with van der Waals surface area (Å²) in [7, 11) is 3.12. The van der Waals surface area contributed by atoms with Crippen LogP contribution in [0.15, 0.2) is 65.9 Å². The molecule has 8 nitrogen and oxygen atoms in total. The highest BCUT2D eigenvalue weighted by molar-refractivity contribution is 8.00. The van der Waals surface area contributed by atoms with Gasteiger partial charge in [-0.15, -0.1) is 11.8 Å². The van der Waals surface area contributed by atoms with Gasteiger partial charge < -0.3 is 19.5 Å². The van der Waals surface area contributed by atoms with E-state index in [0.29, 0.717) is 17.1 Å². The van der Waals surface area contributed by atoms with Crippen molar-refractivity contribution < 1.29 is 28.6 Å². The molecule has 2 heterocycles. The third-order valence-electron chi connectivity index (χ3n) is 5.61. The molecule has 1 saturated heterocycles. The molecule has 0 spiro atoms. The van der Waals surface area contributed by atoms with E-state index in [1.165, 1.54) is 23.8 Å². The van der Waals surface area contributed by atoms with Gasteiger partial charge in [0.2, 0.25) is 5.91 Å². The summed E-state index contributed by atoms with van der Waals surface area (Å²) in [5, 5.41) is 2.46. The van der Waals surface area contributed by atoms with Crippen LogP contribution in [0.1, 0.15) is 11.1 Å². The number of carbonyl (C=O) groups excluding carboxylic acids is 3. The Kier molecular flexibility index (Phi) is 7.54. The minimum Gasteiger partial charge on any atom is -0.497 e. The van der Waals surface area contributed by atoms with Crippen LogP contribution in [0.3, 0.4) is 0 Å². The molecule has 0 saturated carbocycles. The summed E-state index contributed by atoms with van der Waals surface area (Å²) in [5.74, 6) is 0.0541. The second kappa shape index (κ2) is 10.8. The maximum absolute atomic E-state index is 13.0. The number of nitrogens with one attached hydrogen (secondary N) is 1. The Hall–Kier alpha value is -3.30. The normalized spacial score (nSPS) is 19.2. The van der Waals surface area contributed by atoms with E-state index in [4.69, 9.17) is 14.2 Å². The number of esters is 1. The lowest BCUT2D eigenvalue weighted by atomic mass is 10.0. The molecule has 2 aliphatic rings. The largest absolute Gasteiger partial charge is 0.497 e. The van der Waals surface area contributed by atoms with E-state index in [0.717, 1.165) is 11.1 Å². The third kappa shape index (κ3) is 5.10. The van der Waals surface area contributed by atoms with E-state index in [1.54, 1.807) is 19.2 Å². The van der Waals surface area contributed by atoms with Crippen molar-refractivity contribution in [1.82, 2.24) is 10.2 Å². The first-order valence-corrected chi connectivity index (χ1v) is 11.9. The van der Waals surface area contributed by atoms with Gasteiger partial charge in [-0.05, 0) is 28.8 Å². The number of ether oxygens (including phenoxy) is 3. The summed E-state index contributed by atoms with van der Waals surface area (Å²) >= 11 is 1.49. The SMILES string of the molecule is COCC1=C(C(=O)OCc2ccc(OC)cc2)N2C(=O)C(NC(=O)Cc3ccccc3)C2SC1. The van der Waals surface area contributed by atoms with Crippen LogP contribution >= 0.6 is 11.8 Å². The van der Waals surface area contributed by atoms with Gasteiger partial charge in [0.15, 0.2) is 0 Å². The first-order chi connectivity index (χ1) is 16.5. The molecule has 34 heavy (non-hydrogen) atoms. The van der Waals surface area contributed by atoms with Gasteiger partial charge >= 0.3 is 5.97 Å². The van der Waals surface area contributed by atoms with Crippen LogP contribution < -0.4 is 10.1 Å². The molecule has 2 unspecified atom stereocenters. The molecule has 2 amide bonds. The minimum absolute atomic E-state index is 0.0592. The molecule has 4 rings (SSSR count). The second-order valence-electron chi connectivity index (χ2n) is 7.93. The lowest BCUT2D eigenvalue weighted by Crippen LogP contribution is -2.70. The summed E-state index contributed by atoms with van der Waals surface area (Å²) in [4.78, 5) is 40.0. The van der Waals surface area contributed by atoms with Crippen molar-refractivity contribution in [3.05, 3.63) is 77.0 Å². The minimum atomic E-state index is -0.685. The number of hydrogen-bond donors (Lipinski definition) is 1. The lowest BCUT2D eigenvalue weighted by molar-refractivity contribution is -0.153. The zero-order valence-electron chi connectivity index (χ0n) is 19.0. The van der Waals surface area contributed by atoms with E-state index < -0.39 is 12.0 Å². The van der Waals surface area contributed by atoms with Crippen LogP contribution in [0, 0.1) is 0 Å². The van der Waals surface area contributed by atoms with Crippen LogP contribution in [0.25, 0.3) is 0 Å². The van der Waals surface area contributed by atoms with Crippen molar-refractivity contribution >= 4 is 29.5 Å². The zero-order valence-corrected chi connectivity index (χ0v) is 19.8. The molecule has 0 aromatic heterocycles. The van der Waals surface area contributed by atoms with Crippen molar-refractivity contribution in [2.45, 2.75) is 24.4 Å². The molecule has 2 aromatic carbocycles. The standard InChI is InChI=1S/C25H26N2O6S/c1-31-14-18-15-34-24-21(26-20(28)12-16-6-4-3-5-7-16)23(29)27(24)22(18)25(30)33-13-17-8-10-19(32-2)11-9-17/h3-11,21,24H,12-15H2,1-2H3,(H,26,28). The van der Waals surface area contributed by atoms with Gasteiger partial charge in [0, 0.05) is 12.9 Å². The number of hydrogen-bond acceptors (Lipinski definition) is 7. The highest BCUT2D eigenvalue weighted by atomic mass is 32.2. The quantitative estimate of drug-likeness (QED) is 0.433. The predicted molar refractivity (Wildman–Crippen MR) is 127 cm³/mol. The Morgan fingerprint density at radius 3 is 2.44 bits per heavy atom. The fourth-order valence-electron chi connectivity index (χ4n) is 3.90. The Bertz CT molecular complexity index is 1090. The number of β-lactam (4-membered cyclic amide) rings is 1. The van der Waals surface area contributed by atoms with Crippen LogP contribution in [0.2, 0.25) is 0 Å². The molecule has 2 aromatic rings. The Morgan fingerprint density at radius 1 is 1.03 bits per heavy atom. The maximum Gasteiger partial charge on any atom is 0.355 e. The Labute approximate surface area is 202 Å². The number of benzene rings is 2. The molecule has 2 atom stereocenters. The van der Waals surface area contributed by atoms with Gasteiger partial charge in [-0.1, -0.05) is 42.5 Å². The van der Waals surface area contributed by atoms with Crippen molar-refractivity contribution in [1.29, 1.82) is 0 Å². The van der Waals surface area contributed by atoms with Crippen molar-refractivity contribution in [2.24, 2.45) is 0 Å². The molecular formula is C25H26N2O6S. The van der Waals surface area contributed by atoms with E-state index in [1.807, 2.05) is 42.5 Å². The highest BCUT2D eigenvalue weighted by Crippen LogP contribution is 2.40. The second-order valence-corrected chi connectivity index (χ2v) is 9.03. The number of nitrogens with zero attached hydrogens (tertiary/aromatic N) is 1. The average molecular weight is 483 g/mol. The van der Waals surface area contributed by atoms with Crippen molar-refractivity contribution in [3.8, 4) is 5.75 Å². The summed E-state index contributed by atoms with van der Waals surface area (Å²) < 4.78 is 15.9. The molecule has 0 aliphatic carbocycles. The number of amides is 2. The third-order valence-corrected chi connectivity index (χ3v) is 6.95. The Balaban J connectivity index is 1.43.